The molecular formula is C15H21ClO4S. The van der Waals surface area contributed by atoms with Gasteiger partial charge in [0.15, 0.2) is 0 Å². The van der Waals surface area contributed by atoms with Crippen LogP contribution in [-0.4, -0.2) is 26.7 Å². The summed E-state index contributed by atoms with van der Waals surface area (Å²) in [6.45, 7) is 8.04. The number of hydrogen-bond acceptors (Lipinski definition) is 4. The molecule has 0 N–H and O–H groups in total. The second-order valence-corrected chi connectivity index (χ2v) is 8.73. The van der Waals surface area contributed by atoms with Gasteiger partial charge >= 0.3 is 0 Å². The summed E-state index contributed by atoms with van der Waals surface area (Å²) in [5, 5.41) is 0. The van der Waals surface area contributed by atoms with Crippen molar-refractivity contribution in [1.82, 2.24) is 0 Å². The van der Waals surface area contributed by atoms with Crippen molar-refractivity contribution >= 4 is 19.7 Å². The van der Waals surface area contributed by atoms with Gasteiger partial charge in [-0.2, -0.15) is 0 Å². The highest BCUT2D eigenvalue weighted by Crippen LogP contribution is 2.34. The highest BCUT2D eigenvalue weighted by molar-refractivity contribution is 8.13. The van der Waals surface area contributed by atoms with Crippen molar-refractivity contribution in [2.24, 2.45) is 0 Å². The van der Waals surface area contributed by atoms with E-state index in [0.717, 1.165) is 24.0 Å². The molecule has 1 fully saturated rings. The maximum atomic E-state index is 11.7. The zero-order chi connectivity index (χ0) is 15.8. The van der Waals surface area contributed by atoms with Crippen LogP contribution in [-0.2, 0) is 13.8 Å². The molecule has 0 aliphatic carbocycles. The molecule has 21 heavy (non-hydrogen) atoms. The molecular weight excluding hydrogens is 312 g/mol. The molecule has 1 saturated heterocycles. The molecule has 0 saturated carbocycles. The Morgan fingerprint density at radius 2 is 2.05 bits per heavy atom. The first kappa shape index (κ1) is 16.6. The highest BCUT2D eigenvalue weighted by Gasteiger charge is 2.32. The molecule has 0 bridgehead atoms. The molecule has 0 aromatic heterocycles. The van der Waals surface area contributed by atoms with Crippen LogP contribution in [0.5, 0.6) is 5.75 Å². The fraction of sp³-hybridized carbons (Fsp3) is 0.600. The molecule has 6 heteroatoms. The molecule has 0 spiro atoms. The minimum atomic E-state index is -3.84. The van der Waals surface area contributed by atoms with E-state index < -0.39 is 9.05 Å². The second kappa shape index (κ2) is 5.78. The van der Waals surface area contributed by atoms with Gasteiger partial charge in [0.2, 0.25) is 0 Å². The van der Waals surface area contributed by atoms with E-state index in [2.05, 4.69) is 0 Å². The molecule has 1 aromatic rings. The van der Waals surface area contributed by atoms with Gasteiger partial charge in [-0.3, -0.25) is 0 Å². The minimum Gasteiger partial charge on any atom is -0.489 e. The Labute approximate surface area is 130 Å². The minimum absolute atomic E-state index is 0.0217. The van der Waals surface area contributed by atoms with Crippen molar-refractivity contribution in [1.29, 1.82) is 0 Å². The lowest BCUT2D eigenvalue weighted by Crippen LogP contribution is -2.24. The summed E-state index contributed by atoms with van der Waals surface area (Å²) in [6, 6.07) is 3.41. The Morgan fingerprint density at radius 3 is 2.57 bits per heavy atom. The molecule has 1 aromatic carbocycles. The van der Waals surface area contributed by atoms with Gasteiger partial charge in [-0.05, 0) is 57.7 Å². The Morgan fingerprint density at radius 1 is 1.38 bits per heavy atom. The maximum absolute atomic E-state index is 11.7. The number of ether oxygens (including phenoxy) is 2. The molecule has 118 valence electrons. The second-order valence-electron chi connectivity index (χ2n) is 6.20. The topological polar surface area (TPSA) is 52.6 Å². The number of aryl methyl sites for hydroxylation is 2. The van der Waals surface area contributed by atoms with E-state index in [-0.39, 0.29) is 16.6 Å². The molecule has 1 heterocycles. The van der Waals surface area contributed by atoms with Gasteiger partial charge in [0, 0.05) is 10.7 Å². The molecule has 2 rings (SSSR count). The van der Waals surface area contributed by atoms with Crippen molar-refractivity contribution in [2.45, 2.75) is 57.1 Å². The van der Waals surface area contributed by atoms with E-state index in [4.69, 9.17) is 20.2 Å². The van der Waals surface area contributed by atoms with Gasteiger partial charge in [-0.1, -0.05) is 6.07 Å². The average molecular weight is 333 g/mol. The van der Waals surface area contributed by atoms with E-state index in [1.165, 1.54) is 6.07 Å². The summed E-state index contributed by atoms with van der Waals surface area (Å²) in [5.74, 6) is 0.323. The Bertz CT molecular complexity index is 637. The third-order valence-electron chi connectivity index (χ3n) is 3.62. The quantitative estimate of drug-likeness (QED) is 0.791. The molecule has 0 amide bonds. The van der Waals surface area contributed by atoms with Gasteiger partial charge < -0.3 is 9.47 Å². The summed E-state index contributed by atoms with van der Waals surface area (Å²) >= 11 is 0. The van der Waals surface area contributed by atoms with Crippen molar-refractivity contribution in [3.8, 4) is 5.75 Å². The van der Waals surface area contributed by atoms with Gasteiger partial charge in [0.05, 0.1) is 11.7 Å². The lowest BCUT2D eigenvalue weighted by molar-refractivity contribution is -0.0331. The van der Waals surface area contributed by atoms with Crippen molar-refractivity contribution < 1.29 is 17.9 Å². The fourth-order valence-electron chi connectivity index (χ4n) is 2.65. The Hall–Kier alpha value is -0.780. The lowest BCUT2D eigenvalue weighted by atomic mass is 10.1. The number of benzene rings is 1. The molecule has 4 nitrogen and oxygen atoms in total. The fourth-order valence-corrected chi connectivity index (χ4v) is 3.76. The van der Waals surface area contributed by atoms with Crippen molar-refractivity contribution in [2.75, 3.05) is 6.61 Å². The SMILES string of the molecule is Cc1cc(C)c(OCC2CCC(C)(C)O2)c(S(=O)(=O)Cl)c1. The van der Waals surface area contributed by atoms with Gasteiger partial charge in [0.1, 0.15) is 17.3 Å². The first-order valence-corrected chi connectivity index (χ1v) is 9.26. The maximum Gasteiger partial charge on any atom is 0.265 e. The Balaban J connectivity index is 2.20. The lowest BCUT2D eigenvalue weighted by Gasteiger charge is -2.20. The largest absolute Gasteiger partial charge is 0.489 e. The van der Waals surface area contributed by atoms with Gasteiger partial charge in [-0.15, -0.1) is 0 Å². The summed E-state index contributed by atoms with van der Waals surface area (Å²) in [5.41, 5.74) is 1.45. The predicted molar refractivity (Wildman–Crippen MR) is 82.6 cm³/mol. The van der Waals surface area contributed by atoms with Crippen molar-refractivity contribution in [3.63, 3.8) is 0 Å². The number of halogens is 1. The summed E-state index contributed by atoms with van der Waals surface area (Å²) in [6.07, 6.45) is 1.85. The summed E-state index contributed by atoms with van der Waals surface area (Å²) in [4.78, 5) is 0.0268. The van der Waals surface area contributed by atoms with Crippen molar-refractivity contribution in [3.05, 3.63) is 23.3 Å². The molecule has 1 atom stereocenters. The molecule has 1 aliphatic rings. The van der Waals surface area contributed by atoms with E-state index in [1.54, 1.807) is 0 Å². The monoisotopic (exact) mass is 332 g/mol. The van der Waals surface area contributed by atoms with E-state index in [1.807, 2.05) is 33.8 Å². The standard InChI is InChI=1S/C15H21ClO4S/c1-10-7-11(2)14(13(8-10)21(16,17)18)19-9-12-5-6-15(3,4)20-12/h7-8,12H,5-6,9H2,1-4H3. The van der Waals surface area contributed by atoms with Crippen LogP contribution in [0, 0.1) is 13.8 Å². The van der Waals surface area contributed by atoms with Crippen LogP contribution >= 0.6 is 10.7 Å². The molecule has 1 unspecified atom stereocenters. The normalized spacial score (nSPS) is 21.5. The van der Waals surface area contributed by atoms with Crippen LogP contribution in [0.4, 0.5) is 0 Å². The van der Waals surface area contributed by atoms with E-state index >= 15 is 0 Å². The number of hydrogen-bond donors (Lipinski definition) is 0. The molecule has 0 radical (unpaired) electrons. The van der Waals surface area contributed by atoms with Crippen LogP contribution in [0.2, 0.25) is 0 Å². The van der Waals surface area contributed by atoms with Crippen LogP contribution < -0.4 is 4.74 Å². The van der Waals surface area contributed by atoms with E-state index in [9.17, 15) is 8.42 Å². The summed E-state index contributed by atoms with van der Waals surface area (Å²) in [7, 11) is 1.67. The first-order valence-electron chi connectivity index (χ1n) is 6.95. The van der Waals surface area contributed by atoms with Crippen LogP contribution in [0.3, 0.4) is 0 Å². The Kier molecular flexibility index (Phi) is 4.57. The smallest absolute Gasteiger partial charge is 0.265 e. The van der Waals surface area contributed by atoms with Crippen LogP contribution in [0.1, 0.15) is 37.8 Å². The van der Waals surface area contributed by atoms with Gasteiger partial charge in [-0.25, -0.2) is 8.42 Å². The predicted octanol–water partition coefficient (Wildman–Crippen LogP) is 3.57. The zero-order valence-electron chi connectivity index (χ0n) is 12.8. The highest BCUT2D eigenvalue weighted by atomic mass is 35.7. The van der Waals surface area contributed by atoms with Crippen LogP contribution in [0.15, 0.2) is 17.0 Å². The summed E-state index contributed by atoms with van der Waals surface area (Å²) < 4.78 is 35.0. The third kappa shape index (κ3) is 4.11. The zero-order valence-corrected chi connectivity index (χ0v) is 14.3. The number of rotatable bonds is 4. The van der Waals surface area contributed by atoms with E-state index in [0.29, 0.717) is 12.4 Å². The van der Waals surface area contributed by atoms with Crippen LogP contribution in [0.25, 0.3) is 0 Å². The first-order chi connectivity index (χ1) is 9.58. The third-order valence-corrected chi connectivity index (χ3v) is 4.94. The van der Waals surface area contributed by atoms with Gasteiger partial charge in [0.25, 0.3) is 9.05 Å². The molecule has 1 aliphatic heterocycles. The average Bonchev–Trinajstić information content (AvgIpc) is 2.65.